The van der Waals surface area contributed by atoms with Crippen molar-refractivity contribution in [2.24, 2.45) is 0 Å². The number of carbonyl (C=O) groups excluding carboxylic acids is 1. The van der Waals surface area contributed by atoms with Gasteiger partial charge >= 0.3 is 0 Å². The van der Waals surface area contributed by atoms with Gasteiger partial charge in [0.25, 0.3) is 0 Å². The van der Waals surface area contributed by atoms with Gasteiger partial charge in [-0.1, -0.05) is 0 Å². The molecule has 0 aliphatic carbocycles. The molecule has 1 amide bonds. The van der Waals surface area contributed by atoms with Crippen LogP contribution < -0.4 is 5.32 Å². The molecule has 5 nitrogen and oxygen atoms in total. The molecule has 2 rings (SSSR count). The van der Waals surface area contributed by atoms with E-state index >= 15 is 0 Å². The fourth-order valence-corrected chi connectivity index (χ4v) is 2.58. The topological polar surface area (TPSA) is 55.8 Å². The number of nitrogens with zero attached hydrogens (tertiary/aromatic N) is 2. The first kappa shape index (κ1) is 12.8. The van der Waals surface area contributed by atoms with Crippen molar-refractivity contribution in [2.75, 3.05) is 39.8 Å². The third kappa shape index (κ3) is 3.40. The maximum Gasteiger partial charge on any atom is 0.239 e. The Hall–Kier alpha value is -0.650. The van der Waals surface area contributed by atoms with Crippen LogP contribution >= 0.6 is 0 Å². The van der Waals surface area contributed by atoms with Gasteiger partial charge in [-0.15, -0.1) is 0 Å². The van der Waals surface area contributed by atoms with Crippen LogP contribution in [0.5, 0.6) is 0 Å². The summed E-state index contributed by atoms with van der Waals surface area (Å²) >= 11 is 0. The molecule has 0 bridgehead atoms. The highest BCUT2D eigenvalue weighted by Crippen LogP contribution is 2.10. The summed E-state index contributed by atoms with van der Waals surface area (Å²) in [5.41, 5.74) is 0. The second-order valence-electron chi connectivity index (χ2n) is 5.16. The van der Waals surface area contributed by atoms with Gasteiger partial charge in [-0.2, -0.15) is 0 Å². The third-order valence-electron chi connectivity index (χ3n) is 3.73. The van der Waals surface area contributed by atoms with Crippen LogP contribution in [0.3, 0.4) is 0 Å². The number of hydrogen-bond acceptors (Lipinski definition) is 4. The average Bonchev–Trinajstić information content (AvgIpc) is 2.95. The Balaban J connectivity index is 1.71. The summed E-state index contributed by atoms with van der Waals surface area (Å²) in [4.78, 5) is 16.2. The predicted octanol–water partition coefficient (Wildman–Crippen LogP) is -0.737. The molecule has 2 heterocycles. The van der Waals surface area contributed by atoms with Crippen molar-refractivity contribution in [1.29, 1.82) is 0 Å². The van der Waals surface area contributed by atoms with E-state index in [2.05, 4.69) is 10.2 Å². The molecule has 2 fully saturated rings. The monoisotopic (exact) mass is 241 g/mol. The number of aliphatic hydroxyl groups is 1. The van der Waals surface area contributed by atoms with Gasteiger partial charge in [-0.05, 0) is 32.4 Å². The van der Waals surface area contributed by atoms with E-state index in [9.17, 15) is 9.90 Å². The molecule has 2 unspecified atom stereocenters. The molecule has 0 aromatic rings. The highest BCUT2D eigenvalue weighted by atomic mass is 16.3. The van der Waals surface area contributed by atoms with Crippen LogP contribution in [0.2, 0.25) is 0 Å². The lowest BCUT2D eigenvalue weighted by Gasteiger charge is -2.24. The second-order valence-corrected chi connectivity index (χ2v) is 5.16. The van der Waals surface area contributed by atoms with Gasteiger partial charge in [0, 0.05) is 26.7 Å². The number of rotatable bonds is 4. The number of likely N-dealkylation sites (N-methyl/N-ethyl adjacent to an activating group) is 1. The molecule has 5 heteroatoms. The molecule has 2 atom stereocenters. The lowest BCUT2D eigenvalue weighted by Crippen LogP contribution is -2.44. The van der Waals surface area contributed by atoms with Crippen LogP contribution in [0, 0.1) is 0 Å². The van der Waals surface area contributed by atoms with Crippen molar-refractivity contribution < 1.29 is 9.90 Å². The smallest absolute Gasteiger partial charge is 0.239 e. The third-order valence-corrected chi connectivity index (χ3v) is 3.73. The largest absolute Gasteiger partial charge is 0.392 e. The number of β-amino-alcohol motifs (C(OH)–C–C–N with tert-alkyl or cyclic N) is 1. The van der Waals surface area contributed by atoms with E-state index in [4.69, 9.17) is 0 Å². The summed E-state index contributed by atoms with van der Waals surface area (Å²) < 4.78 is 0. The van der Waals surface area contributed by atoms with Crippen molar-refractivity contribution >= 4 is 5.91 Å². The van der Waals surface area contributed by atoms with Crippen molar-refractivity contribution in [3.8, 4) is 0 Å². The zero-order valence-corrected chi connectivity index (χ0v) is 10.6. The summed E-state index contributed by atoms with van der Waals surface area (Å²) in [5.74, 6) is 0.112. The Morgan fingerprint density at radius 2 is 2.18 bits per heavy atom. The zero-order valence-electron chi connectivity index (χ0n) is 10.6. The van der Waals surface area contributed by atoms with Crippen LogP contribution in [0.25, 0.3) is 0 Å². The molecule has 2 saturated heterocycles. The summed E-state index contributed by atoms with van der Waals surface area (Å²) in [6, 6.07) is -0.187. The fourth-order valence-electron chi connectivity index (χ4n) is 2.58. The number of nitrogens with one attached hydrogen (secondary N) is 1. The Bertz CT molecular complexity index is 266. The first-order chi connectivity index (χ1) is 8.16. The Morgan fingerprint density at radius 1 is 1.47 bits per heavy atom. The average molecular weight is 241 g/mol. The minimum atomic E-state index is -0.365. The number of hydrogen-bond donors (Lipinski definition) is 2. The highest BCUT2D eigenvalue weighted by molar-refractivity contribution is 5.82. The minimum Gasteiger partial charge on any atom is -0.392 e. The van der Waals surface area contributed by atoms with Crippen LogP contribution in [0.1, 0.15) is 19.3 Å². The molecular weight excluding hydrogens is 218 g/mol. The molecule has 0 saturated carbocycles. The maximum absolute atomic E-state index is 12.0. The summed E-state index contributed by atoms with van der Waals surface area (Å²) in [6.45, 7) is 4.63. The summed E-state index contributed by atoms with van der Waals surface area (Å²) in [7, 11) is 1.85. The molecule has 0 spiro atoms. The van der Waals surface area contributed by atoms with E-state index in [1.54, 1.807) is 4.90 Å². The van der Waals surface area contributed by atoms with E-state index in [1.165, 1.54) is 25.9 Å². The molecule has 2 aliphatic heterocycles. The summed E-state index contributed by atoms with van der Waals surface area (Å²) in [6.07, 6.45) is 2.76. The van der Waals surface area contributed by atoms with Crippen molar-refractivity contribution in [3.05, 3.63) is 0 Å². The number of amides is 1. The van der Waals surface area contributed by atoms with Gasteiger partial charge in [0.05, 0.1) is 12.1 Å². The Morgan fingerprint density at radius 3 is 2.76 bits per heavy atom. The van der Waals surface area contributed by atoms with Crippen LogP contribution in [-0.4, -0.2) is 72.7 Å². The Labute approximate surface area is 103 Å². The van der Waals surface area contributed by atoms with Gasteiger partial charge in [-0.3, -0.25) is 4.79 Å². The zero-order chi connectivity index (χ0) is 12.3. The maximum atomic E-state index is 12.0. The van der Waals surface area contributed by atoms with Gasteiger partial charge < -0.3 is 20.2 Å². The predicted molar refractivity (Wildman–Crippen MR) is 65.7 cm³/mol. The Kier molecular flexibility index (Phi) is 4.36. The van der Waals surface area contributed by atoms with E-state index in [0.717, 1.165) is 13.1 Å². The van der Waals surface area contributed by atoms with Crippen LogP contribution in [-0.2, 0) is 4.79 Å². The molecule has 0 aromatic heterocycles. The second kappa shape index (κ2) is 5.80. The first-order valence-electron chi connectivity index (χ1n) is 6.55. The van der Waals surface area contributed by atoms with Gasteiger partial charge in [0.2, 0.25) is 5.91 Å². The molecule has 0 aromatic carbocycles. The standard InChI is InChI=1S/C12H23N3O2/c1-14(6-7-15-4-2-3-5-15)12(17)11-8-10(16)9-13-11/h10-11,13,16H,2-9H2,1H3. The number of likely N-dealkylation sites (tertiary alicyclic amines) is 1. The molecule has 0 radical (unpaired) electrons. The lowest BCUT2D eigenvalue weighted by molar-refractivity contribution is -0.132. The number of carbonyl (C=O) groups is 1. The SMILES string of the molecule is CN(CCN1CCCC1)C(=O)C1CC(O)CN1. The van der Waals surface area contributed by atoms with Crippen LogP contribution in [0.4, 0.5) is 0 Å². The van der Waals surface area contributed by atoms with Gasteiger partial charge in [-0.25, -0.2) is 0 Å². The van der Waals surface area contributed by atoms with Crippen molar-refractivity contribution in [2.45, 2.75) is 31.4 Å². The molecule has 2 N–H and O–H groups in total. The van der Waals surface area contributed by atoms with Crippen molar-refractivity contribution in [1.82, 2.24) is 15.1 Å². The number of aliphatic hydroxyl groups excluding tert-OH is 1. The normalized spacial score (nSPS) is 29.8. The van der Waals surface area contributed by atoms with E-state index in [0.29, 0.717) is 13.0 Å². The van der Waals surface area contributed by atoms with E-state index in [-0.39, 0.29) is 18.1 Å². The molecule has 17 heavy (non-hydrogen) atoms. The molecule has 2 aliphatic rings. The molecular formula is C12H23N3O2. The summed E-state index contributed by atoms with van der Waals surface area (Å²) in [5, 5.41) is 12.5. The molecule has 98 valence electrons. The van der Waals surface area contributed by atoms with Crippen LogP contribution in [0.15, 0.2) is 0 Å². The van der Waals surface area contributed by atoms with Crippen molar-refractivity contribution in [3.63, 3.8) is 0 Å². The van der Waals surface area contributed by atoms with Gasteiger partial charge in [0.15, 0.2) is 0 Å². The lowest BCUT2D eigenvalue weighted by atomic mass is 10.2. The fraction of sp³-hybridized carbons (Fsp3) is 0.917. The quantitative estimate of drug-likeness (QED) is 0.681. The van der Waals surface area contributed by atoms with E-state index < -0.39 is 0 Å². The van der Waals surface area contributed by atoms with Gasteiger partial charge in [0.1, 0.15) is 0 Å². The first-order valence-corrected chi connectivity index (χ1v) is 6.55. The highest BCUT2D eigenvalue weighted by Gasteiger charge is 2.30. The minimum absolute atomic E-state index is 0.112. The van der Waals surface area contributed by atoms with E-state index in [1.807, 2.05) is 7.05 Å².